The molecule has 3 atom stereocenters. The van der Waals surface area contributed by atoms with Crippen molar-refractivity contribution in [3.05, 3.63) is 52.3 Å². The summed E-state index contributed by atoms with van der Waals surface area (Å²) in [4.78, 5) is 40.3. The molecule has 1 N–H and O–H groups in total. The SMILES string of the molecule is CC(C)C1N(C(=O)n2cnc(C#N)n2)CC12CCCC1COc3c(Cl)c(-c4c(O)cccc4Cl)c4c(ncn4C)c3C(=O)N1C2. The standard InChI is InChI=1S/C31H30Cl2N8O4/c1-16(2)28-31(13-40(28)30(44)41-15-35-20(10-34)37-41)9-5-6-17-11-45-27-23(29(43)39(17)12-31)25-26(38(3)14-36-25)22(24(27)33)21-18(32)7-4-8-19(21)42/h4,7-8,14-17,28,42H,5-6,9,11-13H2,1-3H3. The lowest BCUT2D eigenvalue weighted by Gasteiger charge is -2.60. The van der Waals surface area contributed by atoms with Crippen LogP contribution in [0.4, 0.5) is 4.79 Å². The first kappa shape index (κ1) is 29.4. The number of benzene rings is 2. The van der Waals surface area contributed by atoms with Crippen molar-refractivity contribution in [1.29, 1.82) is 5.26 Å². The molecule has 0 saturated carbocycles. The number of hydrogen-bond donors (Lipinski definition) is 1. The van der Waals surface area contributed by atoms with E-state index < -0.39 is 0 Å². The van der Waals surface area contributed by atoms with Gasteiger partial charge in [0.1, 0.15) is 35.8 Å². The second-order valence-corrected chi connectivity index (χ2v) is 13.2. The van der Waals surface area contributed by atoms with E-state index in [0.717, 1.165) is 23.9 Å². The van der Waals surface area contributed by atoms with Gasteiger partial charge in [0.05, 0.1) is 27.9 Å². The Labute approximate surface area is 268 Å². The number of phenolic OH excluding ortho intramolecular Hbond substituents is 1. The zero-order valence-electron chi connectivity index (χ0n) is 24.9. The van der Waals surface area contributed by atoms with E-state index in [9.17, 15) is 14.7 Å². The van der Waals surface area contributed by atoms with E-state index in [1.165, 1.54) is 12.4 Å². The third-order valence-electron chi connectivity index (χ3n) is 9.44. The van der Waals surface area contributed by atoms with Crippen LogP contribution >= 0.6 is 23.2 Å². The Hall–Kier alpha value is -4.34. The maximum absolute atomic E-state index is 14.7. The third-order valence-corrected chi connectivity index (χ3v) is 10.1. The van der Waals surface area contributed by atoms with Gasteiger partial charge < -0.3 is 24.2 Å². The molecule has 3 aliphatic heterocycles. The van der Waals surface area contributed by atoms with E-state index in [1.54, 1.807) is 35.0 Å². The van der Waals surface area contributed by atoms with Gasteiger partial charge in [-0.05, 0) is 30.9 Å². The van der Waals surface area contributed by atoms with Crippen molar-refractivity contribution >= 4 is 46.2 Å². The summed E-state index contributed by atoms with van der Waals surface area (Å²) < 4.78 is 9.24. The van der Waals surface area contributed by atoms with Gasteiger partial charge in [-0.2, -0.15) is 9.94 Å². The molecule has 0 radical (unpaired) electrons. The number of ether oxygens (including phenoxy) is 1. The van der Waals surface area contributed by atoms with E-state index in [-0.39, 0.29) is 69.9 Å². The molecule has 2 saturated heterocycles. The van der Waals surface area contributed by atoms with Crippen LogP contribution in [-0.4, -0.2) is 82.9 Å². The van der Waals surface area contributed by atoms with Gasteiger partial charge in [-0.15, -0.1) is 5.10 Å². The van der Waals surface area contributed by atoms with Gasteiger partial charge in [-0.1, -0.05) is 49.5 Å². The van der Waals surface area contributed by atoms with Crippen molar-refractivity contribution in [2.24, 2.45) is 18.4 Å². The summed E-state index contributed by atoms with van der Waals surface area (Å²) in [5.41, 5.74) is 1.64. The molecule has 2 fully saturated rings. The van der Waals surface area contributed by atoms with Crippen molar-refractivity contribution in [2.75, 3.05) is 19.7 Å². The first-order valence-corrected chi connectivity index (χ1v) is 15.5. The lowest BCUT2D eigenvalue weighted by atomic mass is 9.64. The van der Waals surface area contributed by atoms with Crippen LogP contribution in [0.2, 0.25) is 10.0 Å². The molecule has 2 aromatic carbocycles. The van der Waals surface area contributed by atoms with Crippen LogP contribution in [-0.2, 0) is 7.05 Å². The molecule has 4 aromatic rings. The van der Waals surface area contributed by atoms with Gasteiger partial charge in [0.25, 0.3) is 11.7 Å². The molecule has 2 amide bonds. The number of nitriles is 1. The second-order valence-electron chi connectivity index (χ2n) is 12.5. The maximum Gasteiger partial charge on any atom is 0.346 e. The number of nitrogens with zero attached hydrogens (tertiary/aromatic N) is 8. The average molecular weight is 650 g/mol. The highest BCUT2D eigenvalue weighted by Gasteiger charge is 2.58. The zero-order chi connectivity index (χ0) is 31.8. The molecule has 3 unspecified atom stereocenters. The van der Waals surface area contributed by atoms with Crippen molar-refractivity contribution < 1.29 is 19.4 Å². The summed E-state index contributed by atoms with van der Waals surface area (Å²) in [7, 11) is 1.79. The van der Waals surface area contributed by atoms with Crippen LogP contribution in [0.1, 0.15) is 49.3 Å². The van der Waals surface area contributed by atoms with Gasteiger partial charge >= 0.3 is 6.03 Å². The number of hydrogen-bond acceptors (Lipinski definition) is 8. The van der Waals surface area contributed by atoms with Gasteiger partial charge in [-0.25, -0.2) is 14.8 Å². The number of rotatable bonds is 2. The van der Waals surface area contributed by atoms with E-state index in [0.29, 0.717) is 40.3 Å². The molecule has 7 rings (SSSR count). The molecule has 12 nitrogen and oxygen atoms in total. The second kappa shape index (κ2) is 10.6. The number of fused-ring (bicyclic) bond motifs is 4. The first-order valence-electron chi connectivity index (χ1n) is 14.8. The normalized spacial score (nSPS) is 22.8. The molecule has 232 valence electrons. The molecule has 3 aliphatic rings. The number of carbonyl (C=O) groups is 2. The number of amides is 2. The third kappa shape index (κ3) is 4.35. The maximum atomic E-state index is 14.7. The van der Waals surface area contributed by atoms with Gasteiger partial charge in [0.2, 0.25) is 0 Å². The minimum atomic E-state index is -0.353. The van der Waals surface area contributed by atoms with Crippen molar-refractivity contribution in [3.8, 4) is 28.7 Å². The Morgan fingerprint density at radius 1 is 1.18 bits per heavy atom. The molecular weight excluding hydrogens is 619 g/mol. The summed E-state index contributed by atoms with van der Waals surface area (Å²) in [5, 5.41) is 24.4. The highest BCUT2D eigenvalue weighted by molar-refractivity contribution is 6.40. The number of carbonyl (C=O) groups excluding carboxylic acids is 2. The van der Waals surface area contributed by atoms with Crippen molar-refractivity contribution in [1.82, 2.24) is 34.1 Å². The fourth-order valence-corrected chi connectivity index (χ4v) is 8.30. The number of halogens is 2. The number of aryl methyl sites for hydroxylation is 1. The Bertz CT molecular complexity index is 1910. The zero-order valence-corrected chi connectivity index (χ0v) is 26.4. The molecule has 0 bridgehead atoms. The smallest absolute Gasteiger partial charge is 0.346 e. The predicted molar refractivity (Wildman–Crippen MR) is 165 cm³/mol. The fraction of sp³-hybridized carbons (Fsp3) is 0.419. The number of aromatic nitrogens is 5. The first-order chi connectivity index (χ1) is 21.6. The predicted octanol–water partition coefficient (Wildman–Crippen LogP) is 5.10. The average Bonchev–Trinajstić information content (AvgIpc) is 3.53. The van der Waals surface area contributed by atoms with E-state index in [4.69, 9.17) is 33.2 Å². The summed E-state index contributed by atoms with van der Waals surface area (Å²) in [5.74, 6) is -0.0582. The van der Waals surface area contributed by atoms with E-state index >= 15 is 0 Å². The topological polar surface area (TPSA) is 142 Å². The highest BCUT2D eigenvalue weighted by Crippen LogP contribution is 2.52. The summed E-state index contributed by atoms with van der Waals surface area (Å²) in [6.45, 7) is 5.23. The Morgan fingerprint density at radius 3 is 2.69 bits per heavy atom. The molecule has 0 aliphatic carbocycles. The Morgan fingerprint density at radius 2 is 1.98 bits per heavy atom. The number of phenols is 1. The van der Waals surface area contributed by atoms with Crippen molar-refractivity contribution in [3.63, 3.8) is 0 Å². The van der Waals surface area contributed by atoms with Crippen LogP contribution in [0.15, 0.2) is 30.9 Å². The number of likely N-dealkylation sites (tertiary alicyclic amines) is 1. The fourth-order valence-electron chi connectivity index (χ4n) is 7.70. The number of imidazole rings is 1. The Balaban J connectivity index is 1.30. The summed E-state index contributed by atoms with van der Waals surface area (Å²) in [6.07, 6.45) is 5.25. The molecule has 14 heteroatoms. The summed E-state index contributed by atoms with van der Waals surface area (Å²) in [6, 6.07) is 5.97. The Kier molecular flexibility index (Phi) is 6.94. The molecule has 2 aromatic heterocycles. The van der Waals surface area contributed by atoms with E-state index in [2.05, 4.69) is 28.9 Å². The van der Waals surface area contributed by atoms with Gasteiger partial charge in [0.15, 0.2) is 5.75 Å². The molecule has 1 spiro atoms. The lowest BCUT2D eigenvalue weighted by molar-refractivity contribution is -0.0831. The van der Waals surface area contributed by atoms with Gasteiger partial charge in [-0.3, -0.25) is 4.79 Å². The van der Waals surface area contributed by atoms with Crippen LogP contribution in [0.5, 0.6) is 11.5 Å². The van der Waals surface area contributed by atoms with Gasteiger partial charge in [0, 0.05) is 42.7 Å². The molecule has 45 heavy (non-hydrogen) atoms. The molecular formula is C31H30Cl2N8O4. The van der Waals surface area contributed by atoms with Crippen LogP contribution in [0.25, 0.3) is 22.2 Å². The summed E-state index contributed by atoms with van der Waals surface area (Å²) >= 11 is 13.7. The monoisotopic (exact) mass is 648 g/mol. The lowest BCUT2D eigenvalue weighted by Crippen LogP contribution is -2.71. The largest absolute Gasteiger partial charge is 0.507 e. The quantitative estimate of drug-likeness (QED) is 0.316. The number of aromatic hydroxyl groups is 1. The minimum absolute atomic E-state index is 0.0544. The highest BCUT2D eigenvalue weighted by atomic mass is 35.5. The van der Waals surface area contributed by atoms with Crippen LogP contribution in [0, 0.1) is 22.7 Å². The van der Waals surface area contributed by atoms with Crippen molar-refractivity contribution in [2.45, 2.75) is 45.2 Å². The van der Waals surface area contributed by atoms with E-state index in [1.807, 2.05) is 11.0 Å². The minimum Gasteiger partial charge on any atom is -0.507 e. The van der Waals surface area contributed by atoms with Crippen LogP contribution < -0.4 is 4.74 Å². The molecule has 5 heterocycles. The van der Waals surface area contributed by atoms with Crippen LogP contribution in [0.3, 0.4) is 0 Å².